The predicted molar refractivity (Wildman–Crippen MR) is 82.3 cm³/mol. The first kappa shape index (κ1) is 15.8. The number of benzene rings is 1. The maximum atomic E-state index is 12.1. The molecule has 0 aliphatic heterocycles. The van der Waals surface area contributed by atoms with Crippen molar-refractivity contribution in [2.45, 2.75) is 44.6 Å². The Morgan fingerprint density at radius 2 is 2.00 bits per heavy atom. The van der Waals surface area contributed by atoms with E-state index in [1.54, 1.807) is 11.9 Å². The second-order valence-electron chi connectivity index (χ2n) is 6.05. The number of rotatable bonds is 6. The lowest BCUT2D eigenvalue weighted by molar-refractivity contribution is -0.133. The SMILES string of the molecule is Cc1ccccc1OCCC(=O)N(C)CC1(O)CCCC1. The largest absolute Gasteiger partial charge is 0.493 e. The zero-order valence-corrected chi connectivity index (χ0v) is 13.0. The van der Waals surface area contributed by atoms with Crippen molar-refractivity contribution in [1.29, 1.82) is 0 Å². The number of hydrogen-bond acceptors (Lipinski definition) is 3. The molecule has 2 rings (SSSR count). The van der Waals surface area contributed by atoms with Crippen LogP contribution in [0.15, 0.2) is 24.3 Å². The molecule has 1 aliphatic rings. The number of para-hydroxylation sites is 1. The molecule has 0 heterocycles. The lowest BCUT2D eigenvalue weighted by Crippen LogP contribution is -2.42. The first-order valence-corrected chi connectivity index (χ1v) is 7.65. The second-order valence-corrected chi connectivity index (χ2v) is 6.05. The van der Waals surface area contributed by atoms with Crippen LogP contribution in [0.2, 0.25) is 0 Å². The molecular formula is C17H25NO3. The van der Waals surface area contributed by atoms with Crippen LogP contribution in [0, 0.1) is 6.92 Å². The minimum Gasteiger partial charge on any atom is -0.493 e. The van der Waals surface area contributed by atoms with Crippen molar-refractivity contribution in [3.8, 4) is 5.75 Å². The fourth-order valence-electron chi connectivity index (χ4n) is 2.88. The average molecular weight is 291 g/mol. The second kappa shape index (κ2) is 6.94. The molecule has 0 spiro atoms. The summed E-state index contributed by atoms with van der Waals surface area (Å²) in [6.07, 6.45) is 4.03. The van der Waals surface area contributed by atoms with Gasteiger partial charge in [-0.3, -0.25) is 4.79 Å². The molecule has 1 aromatic carbocycles. The summed E-state index contributed by atoms with van der Waals surface area (Å²) in [5.41, 5.74) is 0.389. The van der Waals surface area contributed by atoms with E-state index < -0.39 is 5.60 Å². The number of nitrogens with zero attached hydrogens (tertiary/aromatic N) is 1. The van der Waals surface area contributed by atoms with E-state index in [1.807, 2.05) is 31.2 Å². The molecule has 21 heavy (non-hydrogen) atoms. The van der Waals surface area contributed by atoms with Gasteiger partial charge in [-0.05, 0) is 31.4 Å². The van der Waals surface area contributed by atoms with Crippen LogP contribution in [0.4, 0.5) is 0 Å². The van der Waals surface area contributed by atoms with Gasteiger partial charge in [0.25, 0.3) is 0 Å². The van der Waals surface area contributed by atoms with Crippen molar-refractivity contribution in [3.63, 3.8) is 0 Å². The van der Waals surface area contributed by atoms with E-state index in [4.69, 9.17) is 4.74 Å². The fraction of sp³-hybridized carbons (Fsp3) is 0.588. The molecule has 1 aromatic rings. The average Bonchev–Trinajstić information content (AvgIpc) is 2.87. The van der Waals surface area contributed by atoms with Gasteiger partial charge < -0.3 is 14.7 Å². The molecule has 1 fully saturated rings. The number of ether oxygens (including phenoxy) is 1. The third kappa shape index (κ3) is 4.46. The van der Waals surface area contributed by atoms with E-state index in [-0.39, 0.29) is 5.91 Å². The van der Waals surface area contributed by atoms with Gasteiger partial charge in [0.05, 0.1) is 18.6 Å². The number of amides is 1. The maximum Gasteiger partial charge on any atom is 0.225 e. The van der Waals surface area contributed by atoms with E-state index in [9.17, 15) is 9.90 Å². The Labute approximate surface area is 126 Å². The van der Waals surface area contributed by atoms with E-state index in [2.05, 4.69) is 0 Å². The number of aliphatic hydroxyl groups is 1. The van der Waals surface area contributed by atoms with Crippen LogP contribution in [0.25, 0.3) is 0 Å². The van der Waals surface area contributed by atoms with Crippen LogP contribution in [0.1, 0.15) is 37.7 Å². The van der Waals surface area contributed by atoms with Crippen molar-refractivity contribution in [1.82, 2.24) is 4.90 Å². The van der Waals surface area contributed by atoms with Crippen LogP contribution in [-0.2, 0) is 4.79 Å². The smallest absolute Gasteiger partial charge is 0.225 e. The van der Waals surface area contributed by atoms with E-state index >= 15 is 0 Å². The van der Waals surface area contributed by atoms with Gasteiger partial charge >= 0.3 is 0 Å². The van der Waals surface area contributed by atoms with Gasteiger partial charge in [0.1, 0.15) is 5.75 Å². The standard InChI is InChI=1S/C17H25NO3/c1-14-7-3-4-8-15(14)21-12-9-16(19)18(2)13-17(20)10-5-6-11-17/h3-4,7-8,20H,5-6,9-13H2,1-2H3. The summed E-state index contributed by atoms with van der Waals surface area (Å²) in [5.74, 6) is 0.839. The normalized spacial score (nSPS) is 16.7. The van der Waals surface area contributed by atoms with Crippen molar-refractivity contribution in [3.05, 3.63) is 29.8 Å². The molecule has 4 nitrogen and oxygen atoms in total. The third-order valence-corrected chi connectivity index (χ3v) is 4.16. The van der Waals surface area contributed by atoms with E-state index in [0.29, 0.717) is 19.6 Å². The topological polar surface area (TPSA) is 49.8 Å². The number of aryl methyl sites for hydroxylation is 1. The highest BCUT2D eigenvalue weighted by molar-refractivity contribution is 5.76. The molecule has 1 aliphatic carbocycles. The number of carbonyl (C=O) groups is 1. The molecule has 0 unspecified atom stereocenters. The van der Waals surface area contributed by atoms with Crippen LogP contribution in [-0.4, -0.2) is 41.7 Å². The number of hydrogen-bond donors (Lipinski definition) is 1. The molecule has 0 aromatic heterocycles. The van der Waals surface area contributed by atoms with Crippen LogP contribution in [0.5, 0.6) is 5.75 Å². The molecule has 1 amide bonds. The Kier molecular flexibility index (Phi) is 5.23. The number of carbonyl (C=O) groups excluding carboxylic acids is 1. The van der Waals surface area contributed by atoms with Crippen LogP contribution >= 0.6 is 0 Å². The van der Waals surface area contributed by atoms with Gasteiger partial charge in [0.15, 0.2) is 0 Å². The summed E-state index contributed by atoms with van der Waals surface area (Å²) in [7, 11) is 1.76. The summed E-state index contributed by atoms with van der Waals surface area (Å²) in [6, 6.07) is 7.78. The molecule has 0 bridgehead atoms. The third-order valence-electron chi connectivity index (χ3n) is 4.16. The summed E-state index contributed by atoms with van der Waals surface area (Å²) in [5, 5.41) is 10.3. The van der Waals surface area contributed by atoms with Gasteiger partial charge in [-0.1, -0.05) is 31.0 Å². The fourth-order valence-corrected chi connectivity index (χ4v) is 2.88. The first-order valence-electron chi connectivity index (χ1n) is 7.65. The first-order chi connectivity index (χ1) is 10.0. The van der Waals surface area contributed by atoms with Crippen molar-refractivity contribution < 1.29 is 14.6 Å². The van der Waals surface area contributed by atoms with E-state index in [0.717, 1.165) is 37.0 Å². The molecule has 1 N–H and O–H groups in total. The van der Waals surface area contributed by atoms with Crippen molar-refractivity contribution >= 4 is 5.91 Å². The predicted octanol–water partition coefficient (Wildman–Crippen LogP) is 2.53. The molecule has 116 valence electrons. The molecule has 1 saturated carbocycles. The minimum atomic E-state index is -0.679. The summed E-state index contributed by atoms with van der Waals surface area (Å²) in [4.78, 5) is 13.7. The monoisotopic (exact) mass is 291 g/mol. The quantitative estimate of drug-likeness (QED) is 0.876. The minimum absolute atomic E-state index is 0.0175. The highest BCUT2D eigenvalue weighted by Crippen LogP contribution is 2.30. The van der Waals surface area contributed by atoms with Gasteiger partial charge in [-0.25, -0.2) is 0 Å². The Morgan fingerprint density at radius 1 is 1.33 bits per heavy atom. The van der Waals surface area contributed by atoms with Crippen molar-refractivity contribution in [2.75, 3.05) is 20.2 Å². The Hall–Kier alpha value is -1.55. The molecule has 0 atom stereocenters. The zero-order chi connectivity index (χ0) is 15.3. The van der Waals surface area contributed by atoms with Crippen LogP contribution < -0.4 is 4.74 Å². The van der Waals surface area contributed by atoms with Gasteiger partial charge in [-0.2, -0.15) is 0 Å². The lowest BCUT2D eigenvalue weighted by Gasteiger charge is -2.28. The summed E-state index contributed by atoms with van der Waals surface area (Å²) in [6.45, 7) is 2.78. The maximum absolute atomic E-state index is 12.1. The summed E-state index contributed by atoms with van der Waals surface area (Å²) >= 11 is 0. The summed E-state index contributed by atoms with van der Waals surface area (Å²) < 4.78 is 5.64. The molecule has 0 saturated heterocycles. The molecule has 0 radical (unpaired) electrons. The van der Waals surface area contributed by atoms with Gasteiger partial charge in [-0.15, -0.1) is 0 Å². The Bertz CT molecular complexity index is 481. The van der Waals surface area contributed by atoms with Gasteiger partial charge in [0, 0.05) is 13.6 Å². The van der Waals surface area contributed by atoms with Gasteiger partial charge in [0.2, 0.25) is 5.91 Å². The van der Waals surface area contributed by atoms with Crippen molar-refractivity contribution in [2.24, 2.45) is 0 Å². The lowest BCUT2D eigenvalue weighted by atomic mass is 10.0. The zero-order valence-electron chi connectivity index (χ0n) is 13.0. The Balaban J connectivity index is 1.75. The molecular weight excluding hydrogens is 266 g/mol. The Morgan fingerprint density at radius 3 is 2.67 bits per heavy atom. The highest BCUT2D eigenvalue weighted by atomic mass is 16.5. The van der Waals surface area contributed by atoms with E-state index in [1.165, 1.54) is 0 Å². The molecule has 4 heteroatoms. The number of likely N-dealkylation sites (N-methyl/N-ethyl adjacent to an activating group) is 1. The van der Waals surface area contributed by atoms with Crippen LogP contribution in [0.3, 0.4) is 0 Å². The highest BCUT2D eigenvalue weighted by Gasteiger charge is 2.33.